The Kier molecular flexibility index (Phi) is 5.22. The lowest BCUT2D eigenvalue weighted by Crippen LogP contribution is -2.57. The van der Waals surface area contributed by atoms with E-state index in [2.05, 4.69) is 10.3 Å². The number of para-hydroxylation sites is 1. The van der Waals surface area contributed by atoms with Crippen molar-refractivity contribution in [3.05, 3.63) is 94.3 Å². The number of halogens is 5. The van der Waals surface area contributed by atoms with Crippen LogP contribution in [0.2, 0.25) is 5.02 Å². The summed E-state index contributed by atoms with van der Waals surface area (Å²) in [6.07, 6.45) is -4.81. The Labute approximate surface area is 201 Å². The van der Waals surface area contributed by atoms with Gasteiger partial charge in [0.2, 0.25) is 5.11 Å². The molecule has 0 aromatic heterocycles. The van der Waals surface area contributed by atoms with E-state index in [-0.39, 0.29) is 17.2 Å². The van der Waals surface area contributed by atoms with Crippen molar-refractivity contribution in [3.63, 3.8) is 0 Å². The van der Waals surface area contributed by atoms with E-state index >= 15 is 0 Å². The number of fused-ring (bicyclic) bond motifs is 2. The van der Waals surface area contributed by atoms with E-state index in [1.807, 2.05) is 0 Å². The van der Waals surface area contributed by atoms with Crippen molar-refractivity contribution in [2.45, 2.75) is 18.1 Å². The van der Waals surface area contributed by atoms with Crippen LogP contribution in [0.1, 0.15) is 23.1 Å². The molecule has 1 atom stereocenters. The van der Waals surface area contributed by atoms with Crippen LogP contribution in [0.25, 0.3) is 0 Å². The van der Waals surface area contributed by atoms with Crippen molar-refractivity contribution in [2.75, 3.05) is 10.2 Å². The molecule has 2 aliphatic rings. The molecule has 0 bridgehead atoms. The second kappa shape index (κ2) is 7.89. The van der Waals surface area contributed by atoms with Gasteiger partial charge >= 0.3 is 6.18 Å². The predicted octanol–water partition coefficient (Wildman–Crippen LogP) is 6.33. The molecule has 0 saturated heterocycles. The third-order valence-electron chi connectivity index (χ3n) is 5.91. The fourth-order valence-electron chi connectivity index (χ4n) is 4.44. The average Bonchev–Trinajstić information content (AvgIpc) is 3.04. The van der Waals surface area contributed by atoms with Crippen molar-refractivity contribution in [2.24, 2.45) is 4.99 Å². The van der Waals surface area contributed by atoms with E-state index in [1.165, 1.54) is 48.5 Å². The van der Waals surface area contributed by atoms with Gasteiger partial charge in [-0.25, -0.2) is 9.38 Å². The Morgan fingerprint density at radius 3 is 2.47 bits per heavy atom. The molecule has 2 aliphatic heterocycles. The molecule has 1 unspecified atom stereocenters. The van der Waals surface area contributed by atoms with E-state index in [4.69, 9.17) is 23.8 Å². The zero-order valence-electron chi connectivity index (χ0n) is 17.2. The van der Waals surface area contributed by atoms with Crippen LogP contribution in [0.5, 0.6) is 0 Å². The maximum Gasteiger partial charge on any atom is 0.418 e. The molecule has 3 aromatic carbocycles. The Balaban J connectivity index is 1.78. The van der Waals surface area contributed by atoms with Crippen LogP contribution in [0.15, 0.2) is 71.7 Å². The lowest BCUT2D eigenvalue weighted by Gasteiger charge is -2.44. The number of benzene rings is 3. The second-order valence-electron chi connectivity index (χ2n) is 7.88. The minimum atomic E-state index is -4.70. The third-order valence-corrected chi connectivity index (χ3v) is 6.41. The molecule has 1 spiro atoms. The summed E-state index contributed by atoms with van der Waals surface area (Å²) in [6.45, 7) is 0. The summed E-state index contributed by atoms with van der Waals surface area (Å²) >= 11 is 11.6. The minimum Gasteiger partial charge on any atom is -0.323 e. The fraction of sp³-hybridized carbons (Fsp3) is 0.125. The highest BCUT2D eigenvalue weighted by molar-refractivity contribution is 7.80. The highest BCUT2D eigenvalue weighted by Gasteiger charge is 2.56. The van der Waals surface area contributed by atoms with Gasteiger partial charge in [-0.15, -0.1) is 0 Å². The van der Waals surface area contributed by atoms with E-state index < -0.39 is 29.0 Å². The number of nitrogens with zero attached hydrogens (tertiary/aromatic N) is 2. The lowest BCUT2D eigenvalue weighted by atomic mass is 9.81. The van der Waals surface area contributed by atoms with Crippen LogP contribution in [-0.4, -0.2) is 16.7 Å². The maximum atomic E-state index is 14.0. The molecule has 1 N–H and O–H groups in total. The largest absolute Gasteiger partial charge is 0.418 e. The molecule has 172 valence electrons. The number of amides is 1. The SMILES string of the molecule is O=C1Nc2cc(Cl)ccc2C12CC(c1ccc(F)cc1)=NC(=S)N2c1ccccc1C(F)(F)F. The fourth-order valence-corrected chi connectivity index (χ4v) is 4.98. The molecule has 1 amide bonds. The van der Waals surface area contributed by atoms with Gasteiger partial charge in [-0.1, -0.05) is 41.9 Å². The van der Waals surface area contributed by atoms with Crippen LogP contribution in [0.4, 0.5) is 28.9 Å². The summed E-state index contributed by atoms with van der Waals surface area (Å²) in [5.74, 6) is -1.03. The molecule has 2 heterocycles. The summed E-state index contributed by atoms with van der Waals surface area (Å²) in [5.41, 5.74) is -1.27. The smallest absolute Gasteiger partial charge is 0.323 e. The summed E-state index contributed by atoms with van der Waals surface area (Å²) in [7, 11) is 0. The molecule has 3 aromatic rings. The first kappa shape index (κ1) is 22.5. The van der Waals surface area contributed by atoms with Crippen LogP contribution in [0, 0.1) is 5.82 Å². The van der Waals surface area contributed by atoms with Crippen LogP contribution in [0.3, 0.4) is 0 Å². The quantitative estimate of drug-likeness (QED) is 0.328. The van der Waals surface area contributed by atoms with Crippen LogP contribution in [-0.2, 0) is 16.5 Å². The molecule has 10 heteroatoms. The van der Waals surface area contributed by atoms with E-state index in [1.54, 1.807) is 12.1 Å². The number of carbonyl (C=O) groups is 1. The molecule has 0 saturated carbocycles. The zero-order valence-corrected chi connectivity index (χ0v) is 18.7. The van der Waals surface area contributed by atoms with Crippen molar-refractivity contribution < 1.29 is 22.4 Å². The minimum absolute atomic E-state index is 0.106. The Morgan fingerprint density at radius 2 is 1.76 bits per heavy atom. The van der Waals surface area contributed by atoms with Crippen LogP contribution >= 0.6 is 23.8 Å². The van der Waals surface area contributed by atoms with Gasteiger partial charge in [0.05, 0.1) is 17.0 Å². The topological polar surface area (TPSA) is 44.7 Å². The Morgan fingerprint density at radius 1 is 1.06 bits per heavy atom. The average molecular weight is 504 g/mol. The normalized spacial score (nSPS) is 19.8. The summed E-state index contributed by atoms with van der Waals surface area (Å²) in [5, 5.41) is 2.87. The number of thiocarbonyl (C=S) groups is 1. The first-order valence-electron chi connectivity index (χ1n) is 10.1. The predicted molar refractivity (Wildman–Crippen MR) is 126 cm³/mol. The summed E-state index contributed by atoms with van der Waals surface area (Å²) in [4.78, 5) is 19.1. The van der Waals surface area contributed by atoms with Gasteiger partial charge in [-0.3, -0.25) is 9.69 Å². The summed E-state index contributed by atoms with van der Waals surface area (Å²) in [6, 6.07) is 15.0. The van der Waals surface area contributed by atoms with Crippen LogP contribution < -0.4 is 10.2 Å². The first-order valence-corrected chi connectivity index (χ1v) is 10.9. The van der Waals surface area contributed by atoms with Gasteiger partial charge in [-0.05, 0) is 54.2 Å². The number of alkyl halides is 3. The monoisotopic (exact) mass is 503 g/mol. The van der Waals surface area contributed by atoms with Gasteiger partial charge in [0, 0.05) is 22.7 Å². The zero-order chi connectivity index (χ0) is 24.3. The highest BCUT2D eigenvalue weighted by atomic mass is 35.5. The van der Waals surface area contributed by atoms with Crippen molar-refractivity contribution >= 4 is 51.9 Å². The highest BCUT2D eigenvalue weighted by Crippen LogP contribution is 2.50. The van der Waals surface area contributed by atoms with Gasteiger partial charge in [0.1, 0.15) is 5.82 Å². The lowest BCUT2D eigenvalue weighted by molar-refractivity contribution is -0.137. The number of carbonyl (C=O) groups excluding carboxylic acids is 1. The second-order valence-corrected chi connectivity index (χ2v) is 8.68. The molecule has 0 fully saturated rings. The van der Waals surface area contributed by atoms with E-state index in [9.17, 15) is 22.4 Å². The number of hydrogen-bond donors (Lipinski definition) is 1. The molecule has 0 aliphatic carbocycles. The van der Waals surface area contributed by atoms with E-state index in [0.29, 0.717) is 27.5 Å². The number of nitrogens with one attached hydrogen (secondary N) is 1. The summed E-state index contributed by atoms with van der Waals surface area (Å²) < 4.78 is 55.4. The van der Waals surface area contributed by atoms with Gasteiger partial charge < -0.3 is 5.32 Å². The molecule has 5 rings (SSSR count). The standard InChI is InChI=1S/C24H14ClF4N3OS/c25-14-7-10-16-18(11-14)30-21(33)23(16)12-19(13-5-8-15(26)9-6-13)31-22(34)32(23)20-4-2-1-3-17(20)24(27,28)29/h1-11H,12H2,(H,30,33). The Hall–Kier alpha value is -3.30. The number of anilines is 2. The number of aliphatic imine (C=N–C) groups is 1. The molecular weight excluding hydrogens is 490 g/mol. The maximum absolute atomic E-state index is 14.0. The van der Waals surface area contributed by atoms with Gasteiger partial charge in [0.15, 0.2) is 5.54 Å². The molecule has 0 radical (unpaired) electrons. The number of rotatable bonds is 2. The first-order chi connectivity index (χ1) is 16.1. The molecular formula is C24H14ClF4N3OS. The third kappa shape index (κ3) is 3.47. The van der Waals surface area contributed by atoms with Crippen molar-refractivity contribution in [1.82, 2.24) is 0 Å². The number of hydrogen-bond acceptors (Lipinski definition) is 2. The van der Waals surface area contributed by atoms with Crippen molar-refractivity contribution in [1.29, 1.82) is 0 Å². The van der Waals surface area contributed by atoms with Crippen molar-refractivity contribution in [3.8, 4) is 0 Å². The molecule has 34 heavy (non-hydrogen) atoms. The molecule has 4 nitrogen and oxygen atoms in total. The van der Waals surface area contributed by atoms with E-state index in [0.717, 1.165) is 11.0 Å². The van der Waals surface area contributed by atoms with Gasteiger partial charge in [-0.2, -0.15) is 13.2 Å². The van der Waals surface area contributed by atoms with Gasteiger partial charge in [0.25, 0.3) is 5.91 Å². The Bertz CT molecular complexity index is 1370.